The molecule has 0 bridgehead atoms. The highest BCUT2D eigenvalue weighted by Crippen LogP contribution is 2.13. The molecule has 0 aliphatic rings. The average molecular weight is 337 g/mol. The minimum atomic E-state index is -0.447. The summed E-state index contributed by atoms with van der Waals surface area (Å²) in [6, 6.07) is 11.6. The molecule has 0 fully saturated rings. The Morgan fingerprint density at radius 3 is 2.68 bits per heavy atom. The number of hydrogen-bond donors (Lipinski definition) is 0. The van der Waals surface area contributed by atoms with E-state index in [1.807, 2.05) is 32.3 Å². The van der Waals surface area contributed by atoms with Gasteiger partial charge in [0, 0.05) is 17.2 Å². The second-order valence-corrected chi connectivity index (χ2v) is 4.77. The van der Waals surface area contributed by atoms with Crippen LogP contribution in [0.5, 0.6) is 5.88 Å². The van der Waals surface area contributed by atoms with Gasteiger partial charge in [-0.2, -0.15) is 5.26 Å². The molecule has 1 radical (unpaired) electrons. The number of ether oxygens (including phenoxy) is 2. The summed E-state index contributed by atoms with van der Waals surface area (Å²) in [7, 11) is 3.42. The number of benzene rings is 1. The van der Waals surface area contributed by atoms with E-state index in [0.717, 1.165) is 5.59 Å². The van der Waals surface area contributed by atoms with Crippen molar-refractivity contribution in [2.24, 2.45) is 0 Å². The standard InChI is InChI=1S/C14H11BFN2O.C5H8O/c1-15-13-3-2-4-14(18-13)19-9-11-6-5-10(8-17)7-12(11)16;1-4-5(2)6-3/h2-7H,9H2,1H3;4H,1-2H2,3H3. The molecule has 1 aromatic carbocycles. The summed E-state index contributed by atoms with van der Waals surface area (Å²) in [6.07, 6.45) is 1.56. The van der Waals surface area contributed by atoms with Gasteiger partial charge in [-0.3, -0.25) is 0 Å². The summed E-state index contributed by atoms with van der Waals surface area (Å²) >= 11 is 0. The summed E-state index contributed by atoms with van der Waals surface area (Å²) in [5.41, 5.74) is 1.49. The first-order valence-electron chi connectivity index (χ1n) is 7.47. The second kappa shape index (κ2) is 10.7. The number of nitrogens with zero attached hydrogens (tertiary/aromatic N) is 2. The van der Waals surface area contributed by atoms with Crippen LogP contribution < -0.4 is 10.3 Å². The van der Waals surface area contributed by atoms with Crippen molar-refractivity contribution in [1.29, 1.82) is 5.26 Å². The molecule has 0 saturated carbocycles. The molecular weight excluding hydrogens is 318 g/mol. The number of allylic oxidation sites excluding steroid dienone is 1. The summed E-state index contributed by atoms with van der Waals surface area (Å²) < 4.78 is 23.6. The molecule has 0 unspecified atom stereocenters. The van der Waals surface area contributed by atoms with Gasteiger partial charge in [0.15, 0.2) is 7.28 Å². The van der Waals surface area contributed by atoms with Gasteiger partial charge in [0.2, 0.25) is 5.88 Å². The molecule has 1 aromatic heterocycles. The van der Waals surface area contributed by atoms with E-state index in [1.165, 1.54) is 6.07 Å². The van der Waals surface area contributed by atoms with Crippen molar-refractivity contribution < 1.29 is 13.9 Å². The molecule has 0 aliphatic heterocycles. The number of hydrogen-bond acceptors (Lipinski definition) is 4. The quantitative estimate of drug-likeness (QED) is 0.461. The van der Waals surface area contributed by atoms with E-state index >= 15 is 0 Å². The van der Waals surface area contributed by atoms with Crippen molar-refractivity contribution in [2.75, 3.05) is 7.11 Å². The Kier molecular flexibility index (Phi) is 8.52. The van der Waals surface area contributed by atoms with Crippen LogP contribution in [-0.4, -0.2) is 19.4 Å². The molecule has 6 heteroatoms. The van der Waals surface area contributed by atoms with Crippen LogP contribution in [0.3, 0.4) is 0 Å². The van der Waals surface area contributed by atoms with Crippen molar-refractivity contribution in [2.45, 2.75) is 13.4 Å². The zero-order chi connectivity index (χ0) is 18.7. The smallest absolute Gasteiger partial charge is 0.212 e. The predicted octanol–water partition coefficient (Wildman–Crippen LogP) is 3.38. The Balaban J connectivity index is 0.000000450. The topological polar surface area (TPSA) is 55.1 Å². The highest BCUT2D eigenvalue weighted by Gasteiger charge is 2.05. The number of methoxy groups -OCH3 is 1. The molecule has 0 saturated heterocycles. The molecule has 1 heterocycles. The van der Waals surface area contributed by atoms with Crippen molar-refractivity contribution in [3.05, 3.63) is 78.3 Å². The summed E-state index contributed by atoms with van der Waals surface area (Å²) in [5, 5.41) is 8.66. The maximum Gasteiger partial charge on any atom is 0.212 e. The van der Waals surface area contributed by atoms with Crippen molar-refractivity contribution in [3.63, 3.8) is 0 Å². The average Bonchev–Trinajstić information content (AvgIpc) is 2.66. The van der Waals surface area contributed by atoms with E-state index in [4.69, 9.17) is 10.00 Å². The maximum absolute atomic E-state index is 13.6. The van der Waals surface area contributed by atoms with Gasteiger partial charge in [0.1, 0.15) is 18.2 Å². The number of pyridine rings is 1. The number of halogens is 1. The van der Waals surface area contributed by atoms with E-state index in [1.54, 1.807) is 31.4 Å². The fourth-order valence-corrected chi connectivity index (χ4v) is 1.64. The van der Waals surface area contributed by atoms with Gasteiger partial charge < -0.3 is 9.47 Å². The molecule has 0 N–H and O–H groups in total. The largest absolute Gasteiger partial charge is 0.497 e. The first-order valence-corrected chi connectivity index (χ1v) is 7.47. The molecule has 0 amide bonds. The number of rotatable bonds is 6. The van der Waals surface area contributed by atoms with E-state index in [-0.39, 0.29) is 6.61 Å². The minimum Gasteiger partial charge on any atom is -0.497 e. The Morgan fingerprint density at radius 1 is 1.40 bits per heavy atom. The fraction of sp³-hybridized carbons (Fsp3) is 0.158. The lowest BCUT2D eigenvalue weighted by molar-refractivity contribution is 0.288. The van der Waals surface area contributed by atoms with Crippen LogP contribution in [0.2, 0.25) is 6.82 Å². The molecule has 127 valence electrons. The second-order valence-electron chi connectivity index (χ2n) is 4.77. The molecule has 25 heavy (non-hydrogen) atoms. The van der Waals surface area contributed by atoms with Crippen LogP contribution in [0.1, 0.15) is 11.1 Å². The highest BCUT2D eigenvalue weighted by molar-refractivity contribution is 6.50. The third-order valence-corrected chi connectivity index (χ3v) is 3.09. The summed E-state index contributed by atoms with van der Waals surface area (Å²) in [5.74, 6) is 0.603. The first kappa shape index (κ1) is 20.0. The normalized spacial score (nSPS) is 9.04. The molecule has 4 nitrogen and oxygen atoms in total. The molecule has 2 aromatic rings. The van der Waals surface area contributed by atoms with E-state index in [9.17, 15) is 4.39 Å². The van der Waals surface area contributed by atoms with Crippen LogP contribution in [0, 0.1) is 17.1 Å². The molecule has 2 rings (SSSR count). The van der Waals surface area contributed by atoms with Gasteiger partial charge in [-0.05, 0) is 18.2 Å². The third-order valence-electron chi connectivity index (χ3n) is 3.09. The zero-order valence-electron chi connectivity index (χ0n) is 14.3. The Hall–Kier alpha value is -3.07. The van der Waals surface area contributed by atoms with Crippen LogP contribution in [0.4, 0.5) is 4.39 Å². The highest BCUT2D eigenvalue weighted by atomic mass is 19.1. The molecule has 0 spiro atoms. The van der Waals surface area contributed by atoms with Gasteiger partial charge in [0.25, 0.3) is 0 Å². The Morgan fingerprint density at radius 2 is 2.16 bits per heavy atom. The van der Waals surface area contributed by atoms with E-state index in [2.05, 4.69) is 22.9 Å². The number of aromatic nitrogens is 1. The summed E-state index contributed by atoms with van der Waals surface area (Å²) in [6.45, 7) is 8.82. The lowest BCUT2D eigenvalue weighted by atomic mass is 9.78. The predicted molar refractivity (Wildman–Crippen MR) is 97.3 cm³/mol. The fourth-order valence-electron chi connectivity index (χ4n) is 1.64. The van der Waals surface area contributed by atoms with Crippen molar-refractivity contribution >= 4 is 12.9 Å². The van der Waals surface area contributed by atoms with Gasteiger partial charge in [-0.25, -0.2) is 9.37 Å². The first-order chi connectivity index (χ1) is 12.0. The Labute approximate surface area is 148 Å². The zero-order valence-corrected chi connectivity index (χ0v) is 14.3. The van der Waals surface area contributed by atoms with Crippen molar-refractivity contribution in [1.82, 2.24) is 4.98 Å². The van der Waals surface area contributed by atoms with Gasteiger partial charge >= 0.3 is 0 Å². The summed E-state index contributed by atoms with van der Waals surface area (Å²) in [4.78, 5) is 4.22. The lowest BCUT2D eigenvalue weighted by Crippen LogP contribution is -2.15. The van der Waals surface area contributed by atoms with Gasteiger partial charge in [-0.1, -0.05) is 38.2 Å². The van der Waals surface area contributed by atoms with Crippen LogP contribution in [0.25, 0.3) is 0 Å². The maximum atomic E-state index is 13.6. The molecule has 0 aliphatic carbocycles. The van der Waals surface area contributed by atoms with Crippen molar-refractivity contribution in [3.8, 4) is 11.9 Å². The SMILES string of the molecule is C=CC(=C)OC.C[B]c1cccc(OCc2ccc(C#N)cc2F)n1. The van der Waals surface area contributed by atoms with Gasteiger partial charge in [0.05, 0.1) is 18.7 Å². The molecular formula is C19H19BFN2O2. The number of nitriles is 1. The van der Waals surface area contributed by atoms with E-state index in [0.29, 0.717) is 22.8 Å². The van der Waals surface area contributed by atoms with Crippen LogP contribution in [0.15, 0.2) is 61.4 Å². The monoisotopic (exact) mass is 337 g/mol. The Bertz CT molecular complexity index is 772. The molecule has 0 atom stereocenters. The van der Waals surface area contributed by atoms with E-state index < -0.39 is 5.82 Å². The minimum absolute atomic E-state index is 0.0811. The van der Waals surface area contributed by atoms with Crippen LogP contribution in [-0.2, 0) is 11.3 Å². The lowest BCUT2D eigenvalue weighted by Gasteiger charge is -2.07. The van der Waals surface area contributed by atoms with Crippen LogP contribution >= 0.6 is 0 Å². The third kappa shape index (κ3) is 6.92. The van der Waals surface area contributed by atoms with Gasteiger partial charge in [-0.15, -0.1) is 0 Å².